The molecule has 0 fully saturated rings. The number of benzene rings is 2. The van der Waals surface area contributed by atoms with Crippen LogP contribution in [0.3, 0.4) is 0 Å². The van der Waals surface area contributed by atoms with Gasteiger partial charge in [0.05, 0.1) is 6.54 Å². The molecule has 3 rings (SSSR count). The summed E-state index contributed by atoms with van der Waals surface area (Å²) in [5.74, 6) is 6.31. The third-order valence-electron chi connectivity index (χ3n) is 3.44. The second-order valence-electron chi connectivity index (χ2n) is 5.17. The van der Waals surface area contributed by atoms with E-state index in [-0.39, 0.29) is 19.1 Å². The van der Waals surface area contributed by atoms with Crippen molar-refractivity contribution in [3.8, 4) is 17.6 Å². The van der Waals surface area contributed by atoms with Gasteiger partial charge in [-0.3, -0.25) is 9.78 Å². The maximum absolute atomic E-state index is 12.0. The molecule has 0 bridgehead atoms. The fraction of sp³-hybridized carbons (Fsp3) is 0.100. The van der Waals surface area contributed by atoms with Crippen LogP contribution in [0.15, 0.2) is 65.3 Å². The quantitative estimate of drug-likeness (QED) is 0.684. The van der Waals surface area contributed by atoms with E-state index in [1.807, 2.05) is 42.5 Å². The topological polar surface area (TPSA) is 51.2 Å². The van der Waals surface area contributed by atoms with E-state index in [1.165, 1.54) is 0 Å². The molecule has 5 heteroatoms. The number of carbonyl (C=O) groups excluding carboxylic acids is 1. The molecule has 4 nitrogen and oxygen atoms in total. The van der Waals surface area contributed by atoms with Crippen molar-refractivity contribution >= 4 is 32.7 Å². The van der Waals surface area contributed by atoms with Crippen molar-refractivity contribution in [2.24, 2.45) is 0 Å². The first-order valence-corrected chi connectivity index (χ1v) is 8.49. The van der Waals surface area contributed by atoms with Crippen molar-refractivity contribution in [3.05, 3.63) is 70.8 Å². The number of ether oxygens (including phenoxy) is 1. The molecular formula is C20H15BrN2O2. The molecule has 0 aliphatic carbocycles. The van der Waals surface area contributed by atoms with Gasteiger partial charge in [0, 0.05) is 21.6 Å². The third kappa shape index (κ3) is 4.59. The van der Waals surface area contributed by atoms with Gasteiger partial charge in [0.15, 0.2) is 0 Å². The van der Waals surface area contributed by atoms with Gasteiger partial charge in [0.1, 0.15) is 17.9 Å². The highest BCUT2D eigenvalue weighted by Crippen LogP contribution is 2.22. The number of para-hydroxylation sites is 1. The molecule has 0 saturated heterocycles. The van der Waals surface area contributed by atoms with E-state index in [2.05, 4.69) is 38.1 Å². The summed E-state index contributed by atoms with van der Waals surface area (Å²) in [6, 6.07) is 16.9. The van der Waals surface area contributed by atoms with Gasteiger partial charge in [-0.25, -0.2) is 0 Å². The zero-order chi connectivity index (χ0) is 17.5. The minimum atomic E-state index is -0.158. The summed E-state index contributed by atoms with van der Waals surface area (Å²) < 4.78 is 6.54. The van der Waals surface area contributed by atoms with Crippen molar-refractivity contribution in [1.29, 1.82) is 0 Å². The van der Waals surface area contributed by atoms with Crippen LogP contribution in [0.2, 0.25) is 0 Å². The molecule has 124 valence electrons. The van der Waals surface area contributed by atoms with Crippen LogP contribution in [0.25, 0.3) is 10.9 Å². The number of halogens is 1. The standard InChI is InChI=1S/C20H15BrN2O2/c21-17-9-3-7-16(14-17)20(24)23-11-1-2-13-25-18-10-4-6-15-8-5-12-22-19(15)18/h3-10,12,14H,11,13H2,(H,23,24). The maximum atomic E-state index is 12.0. The molecule has 25 heavy (non-hydrogen) atoms. The molecular weight excluding hydrogens is 380 g/mol. The summed E-state index contributed by atoms with van der Waals surface area (Å²) >= 11 is 3.34. The molecule has 0 spiro atoms. The molecule has 0 saturated carbocycles. The second kappa shape index (κ2) is 8.32. The predicted molar refractivity (Wildman–Crippen MR) is 101 cm³/mol. The van der Waals surface area contributed by atoms with Gasteiger partial charge in [-0.05, 0) is 30.3 Å². The minimum absolute atomic E-state index is 0.158. The number of nitrogens with one attached hydrogen (secondary N) is 1. The van der Waals surface area contributed by atoms with Crippen LogP contribution in [0.5, 0.6) is 5.75 Å². The Balaban J connectivity index is 1.51. The van der Waals surface area contributed by atoms with Crippen LogP contribution in [0.1, 0.15) is 10.4 Å². The fourth-order valence-corrected chi connectivity index (χ4v) is 2.68. The van der Waals surface area contributed by atoms with Gasteiger partial charge in [-0.2, -0.15) is 0 Å². The first-order valence-electron chi connectivity index (χ1n) is 7.70. The lowest BCUT2D eigenvalue weighted by Crippen LogP contribution is -2.23. The van der Waals surface area contributed by atoms with E-state index >= 15 is 0 Å². The lowest BCUT2D eigenvalue weighted by molar-refractivity contribution is 0.0958. The number of nitrogens with zero attached hydrogens (tertiary/aromatic N) is 1. The zero-order valence-corrected chi connectivity index (χ0v) is 14.9. The Kier molecular flexibility index (Phi) is 5.65. The lowest BCUT2D eigenvalue weighted by atomic mass is 10.2. The molecule has 0 atom stereocenters. The first-order chi connectivity index (χ1) is 12.2. The van der Waals surface area contributed by atoms with Gasteiger partial charge in [-0.15, -0.1) is 0 Å². The Morgan fingerprint density at radius 3 is 2.84 bits per heavy atom. The Hall–Kier alpha value is -2.84. The normalized spacial score (nSPS) is 9.96. The molecule has 0 aliphatic heterocycles. The van der Waals surface area contributed by atoms with Gasteiger partial charge < -0.3 is 10.1 Å². The fourth-order valence-electron chi connectivity index (χ4n) is 2.28. The van der Waals surface area contributed by atoms with Crippen molar-refractivity contribution in [2.75, 3.05) is 13.2 Å². The number of hydrogen-bond donors (Lipinski definition) is 1. The highest BCUT2D eigenvalue weighted by atomic mass is 79.9. The molecule has 3 aromatic rings. The number of fused-ring (bicyclic) bond motifs is 1. The van der Waals surface area contributed by atoms with Gasteiger partial charge in [-0.1, -0.05) is 52.0 Å². The van der Waals surface area contributed by atoms with E-state index in [0.29, 0.717) is 11.3 Å². The predicted octanol–water partition coefficient (Wildman–Crippen LogP) is 3.81. The molecule has 1 amide bonds. The summed E-state index contributed by atoms with van der Waals surface area (Å²) in [5.41, 5.74) is 1.41. The summed E-state index contributed by atoms with van der Waals surface area (Å²) in [7, 11) is 0. The smallest absolute Gasteiger partial charge is 0.252 e. The highest BCUT2D eigenvalue weighted by Gasteiger charge is 2.03. The van der Waals surface area contributed by atoms with Crippen molar-refractivity contribution in [3.63, 3.8) is 0 Å². The summed E-state index contributed by atoms with van der Waals surface area (Å²) in [6.07, 6.45) is 1.73. The van der Waals surface area contributed by atoms with Gasteiger partial charge in [0.2, 0.25) is 0 Å². The lowest BCUT2D eigenvalue weighted by Gasteiger charge is -2.05. The van der Waals surface area contributed by atoms with Crippen LogP contribution in [-0.2, 0) is 0 Å². The minimum Gasteiger partial charge on any atom is -0.479 e. The zero-order valence-electron chi connectivity index (χ0n) is 13.3. The molecule has 1 heterocycles. The number of rotatable bonds is 4. The number of hydrogen-bond acceptors (Lipinski definition) is 3. The Morgan fingerprint density at radius 1 is 1.12 bits per heavy atom. The van der Waals surface area contributed by atoms with Crippen molar-refractivity contribution < 1.29 is 9.53 Å². The summed E-state index contributed by atoms with van der Waals surface area (Å²) in [6.45, 7) is 0.505. The van der Waals surface area contributed by atoms with Crippen LogP contribution in [0, 0.1) is 11.8 Å². The molecule has 1 aromatic heterocycles. The molecule has 0 unspecified atom stereocenters. The number of carbonyl (C=O) groups is 1. The van der Waals surface area contributed by atoms with Gasteiger partial charge >= 0.3 is 0 Å². The number of aromatic nitrogens is 1. The average Bonchev–Trinajstić information content (AvgIpc) is 2.64. The van der Waals surface area contributed by atoms with E-state index in [0.717, 1.165) is 15.4 Å². The van der Waals surface area contributed by atoms with Crippen LogP contribution in [-0.4, -0.2) is 24.0 Å². The molecule has 2 aromatic carbocycles. The van der Waals surface area contributed by atoms with Gasteiger partial charge in [0.25, 0.3) is 5.91 Å². The van der Waals surface area contributed by atoms with E-state index in [4.69, 9.17) is 4.74 Å². The maximum Gasteiger partial charge on any atom is 0.252 e. The Labute approximate surface area is 154 Å². The second-order valence-corrected chi connectivity index (χ2v) is 6.08. The van der Waals surface area contributed by atoms with E-state index in [9.17, 15) is 4.79 Å². The molecule has 0 aliphatic rings. The first kappa shape index (κ1) is 17.0. The molecule has 0 radical (unpaired) electrons. The van der Waals surface area contributed by atoms with E-state index < -0.39 is 0 Å². The van der Waals surface area contributed by atoms with Crippen LogP contribution < -0.4 is 10.1 Å². The monoisotopic (exact) mass is 394 g/mol. The highest BCUT2D eigenvalue weighted by molar-refractivity contribution is 9.10. The summed E-state index contributed by atoms with van der Waals surface area (Å²) in [5, 5.41) is 3.78. The van der Waals surface area contributed by atoms with Crippen molar-refractivity contribution in [2.45, 2.75) is 0 Å². The average molecular weight is 395 g/mol. The Bertz CT molecular complexity index is 955. The van der Waals surface area contributed by atoms with Crippen LogP contribution in [0.4, 0.5) is 0 Å². The number of pyridine rings is 1. The van der Waals surface area contributed by atoms with Crippen LogP contribution >= 0.6 is 15.9 Å². The van der Waals surface area contributed by atoms with E-state index in [1.54, 1.807) is 18.3 Å². The largest absolute Gasteiger partial charge is 0.479 e. The van der Waals surface area contributed by atoms with Crippen molar-refractivity contribution in [1.82, 2.24) is 10.3 Å². The summed E-state index contributed by atoms with van der Waals surface area (Å²) in [4.78, 5) is 16.3. The Morgan fingerprint density at radius 2 is 1.96 bits per heavy atom. The third-order valence-corrected chi connectivity index (χ3v) is 3.94. The number of amides is 1. The molecule has 1 N–H and O–H groups in total. The SMILES string of the molecule is O=C(NCC#CCOc1cccc2cccnc12)c1cccc(Br)c1.